The van der Waals surface area contributed by atoms with Crippen LogP contribution >= 0.6 is 0 Å². The van der Waals surface area contributed by atoms with Gasteiger partial charge in [0.05, 0.1) is 16.3 Å². The molecule has 28 heavy (non-hydrogen) atoms. The molecule has 0 fully saturated rings. The van der Waals surface area contributed by atoms with Crippen molar-refractivity contribution in [2.75, 3.05) is 0 Å². The third kappa shape index (κ3) is 5.02. The van der Waals surface area contributed by atoms with Crippen LogP contribution in [0.5, 0.6) is 11.5 Å². The van der Waals surface area contributed by atoms with Crippen LogP contribution in [0.15, 0.2) is 76.7 Å². The van der Waals surface area contributed by atoms with Crippen molar-refractivity contribution in [1.82, 2.24) is 0 Å². The van der Waals surface area contributed by atoms with Gasteiger partial charge in [-0.25, -0.2) is 0 Å². The summed E-state index contributed by atoms with van der Waals surface area (Å²) in [5.74, 6) is -0.398. The molecule has 0 amide bonds. The minimum Gasteiger partial charge on any atom is -0.872 e. The average molecular weight is 418 g/mol. The quantitative estimate of drug-likeness (QED) is 0.274. The maximum atomic E-state index is 11.8. The summed E-state index contributed by atoms with van der Waals surface area (Å²) >= 11 is 0. The molecule has 0 atom stereocenters. The smallest absolute Gasteiger partial charge is 0.872 e. The predicted octanol–water partition coefficient (Wildman–Crippen LogP) is 3.24. The van der Waals surface area contributed by atoms with Gasteiger partial charge in [0.1, 0.15) is 0 Å². The van der Waals surface area contributed by atoms with E-state index >= 15 is 0 Å². The first-order chi connectivity index (χ1) is 13.0. The number of non-ortho nitro benzene ring substituents is 1. The Hall–Kier alpha value is -3.51. The van der Waals surface area contributed by atoms with Crippen molar-refractivity contribution in [2.24, 2.45) is 9.98 Å². The fourth-order valence-corrected chi connectivity index (χ4v) is 2.29. The number of aliphatic imine (C=N–C) groups is 2. The largest absolute Gasteiger partial charge is 2.00 e. The van der Waals surface area contributed by atoms with Gasteiger partial charge >= 0.3 is 16.5 Å². The van der Waals surface area contributed by atoms with Crippen molar-refractivity contribution >= 4 is 29.5 Å². The Labute approximate surface area is 170 Å². The van der Waals surface area contributed by atoms with Crippen LogP contribution in [0.4, 0.5) is 17.1 Å². The van der Waals surface area contributed by atoms with Crippen LogP contribution < -0.4 is 10.2 Å². The Morgan fingerprint density at radius 1 is 0.750 bits per heavy atom. The normalized spacial score (nSPS) is 10.9. The van der Waals surface area contributed by atoms with Gasteiger partial charge in [-0.05, 0) is 17.2 Å². The molecule has 3 aromatic rings. The van der Waals surface area contributed by atoms with Gasteiger partial charge in [-0.1, -0.05) is 48.5 Å². The molecule has 0 saturated carbocycles. The molecule has 0 aromatic heterocycles. The molecule has 0 aliphatic carbocycles. The zero-order chi connectivity index (χ0) is 19.2. The molecule has 142 valence electrons. The SMILES string of the molecule is O=[N+]([O-])c1ccc(N=Cc2ccccc2[O-])c(N=Cc2ccccc2[O-])c1.[Ni+2]. The third-order valence-electron chi connectivity index (χ3n) is 3.69. The summed E-state index contributed by atoms with van der Waals surface area (Å²) in [6.07, 6.45) is 2.71. The number of nitro groups is 1. The van der Waals surface area contributed by atoms with E-state index in [2.05, 4.69) is 9.98 Å². The molecular formula is C20H13N3NiO4. The maximum absolute atomic E-state index is 11.8. The summed E-state index contributed by atoms with van der Waals surface area (Å²) in [5, 5.41) is 34.6. The molecule has 0 radical (unpaired) electrons. The van der Waals surface area contributed by atoms with Gasteiger partial charge in [0.2, 0.25) is 0 Å². The molecule has 0 spiro atoms. The summed E-state index contributed by atoms with van der Waals surface area (Å²) in [6.45, 7) is 0. The van der Waals surface area contributed by atoms with Crippen molar-refractivity contribution in [3.63, 3.8) is 0 Å². The number of rotatable bonds is 5. The summed E-state index contributed by atoms with van der Waals surface area (Å²) in [5.41, 5.74) is 1.14. The Kier molecular flexibility index (Phi) is 7.01. The zero-order valence-corrected chi connectivity index (χ0v) is 15.3. The molecule has 0 aliphatic rings. The predicted molar refractivity (Wildman–Crippen MR) is 99.4 cm³/mol. The van der Waals surface area contributed by atoms with Gasteiger partial charge in [-0.15, -0.1) is 11.5 Å². The number of nitrogens with zero attached hydrogens (tertiary/aromatic N) is 3. The molecule has 3 aromatic carbocycles. The van der Waals surface area contributed by atoms with E-state index in [1.165, 1.54) is 42.8 Å². The molecule has 0 aliphatic heterocycles. The summed E-state index contributed by atoms with van der Waals surface area (Å²) < 4.78 is 0. The van der Waals surface area contributed by atoms with Crippen LogP contribution in [0.25, 0.3) is 0 Å². The van der Waals surface area contributed by atoms with E-state index in [9.17, 15) is 20.3 Å². The topological polar surface area (TPSA) is 114 Å². The Balaban J connectivity index is 0.00000280. The van der Waals surface area contributed by atoms with Crippen molar-refractivity contribution in [3.8, 4) is 11.5 Å². The summed E-state index contributed by atoms with van der Waals surface area (Å²) in [7, 11) is 0. The molecule has 0 heterocycles. The molecule has 0 saturated heterocycles. The molecule has 3 rings (SSSR count). The number of nitro benzene ring substituents is 1. The summed E-state index contributed by atoms with van der Waals surface area (Å²) in [6, 6.07) is 16.7. The van der Waals surface area contributed by atoms with Crippen LogP contribution in [0, 0.1) is 10.1 Å². The van der Waals surface area contributed by atoms with Crippen LogP contribution in [0.2, 0.25) is 0 Å². The van der Waals surface area contributed by atoms with Gasteiger partial charge in [0, 0.05) is 24.6 Å². The van der Waals surface area contributed by atoms with Crippen molar-refractivity contribution in [1.29, 1.82) is 0 Å². The van der Waals surface area contributed by atoms with Crippen LogP contribution in [0.1, 0.15) is 11.1 Å². The fourth-order valence-electron chi connectivity index (χ4n) is 2.29. The first kappa shape index (κ1) is 20.8. The summed E-state index contributed by atoms with van der Waals surface area (Å²) in [4.78, 5) is 18.9. The molecule has 0 N–H and O–H groups in total. The van der Waals surface area contributed by atoms with E-state index in [1.54, 1.807) is 36.4 Å². The van der Waals surface area contributed by atoms with Gasteiger partial charge in [0.25, 0.3) is 5.69 Å². The second kappa shape index (κ2) is 9.44. The maximum Gasteiger partial charge on any atom is 2.00 e. The monoisotopic (exact) mass is 417 g/mol. The zero-order valence-electron chi connectivity index (χ0n) is 14.3. The van der Waals surface area contributed by atoms with Gasteiger partial charge < -0.3 is 10.2 Å². The second-order valence-electron chi connectivity index (χ2n) is 5.52. The van der Waals surface area contributed by atoms with E-state index in [0.29, 0.717) is 16.8 Å². The second-order valence-corrected chi connectivity index (χ2v) is 5.52. The van der Waals surface area contributed by atoms with Crippen LogP contribution in [-0.2, 0) is 16.5 Å². The van der Waals surface area contributed by atoms with Gasteiger partial charge in [-0.2, -0.15) is 0 Å². The average Bonchev–Trinajstić information content (AvgIpc) is 2.67. The number of hydrogen-bond donors (Lipinski definition) is 0. The van der Waals surface area contributed by atoms with Crippen molar-refractivity contribution in [2.45, 2.75) is 0 Å². The standard InChI is InChI=1S/C20H15N3O4.Ni/c24-19-7-3-1-5-14(19)12-21-17-10-9-16(23(26)27)11-18(17)22-13-15-6-2-4-8-20(15)25;/h1-13,24-25H;/q;+2/p-2. The Bertz CT molecular complexity index is 1050. The molecule has 7 nitrogen and oxygen atoms in total. The minimum absolute atomic E-state index is 0. The van der Waals surface area contributed by atoms with Crippen LogP contribution in [-0.4, -0.2) is 17.4 Å². The fraction of sp³-hybridized carbons (Fsp3) is 0. The first-order valence-corrected chi connectivity index (χ1v) is 7.93. The number of benzene rings is 3. The van der Waals surface area contributed by atoms with E-state index in [4.69, 9.17) is 0 Å². The third-order valence-corrected chi connectivity index (χ3v) is 3.69. The van der Waals surface area contributed by atoms with Crippen molar-refractivity contribution < 1.29 is 31.6 Å². The minimum atomic E-state index is -0.541. The van der Waals surface area contributed by atoms with Crippen molar-refractivity contribution in [3.05, 3.63) is 88.0 Å². The number of para-hydroxylation sites is 2. The van der Waals surface area contributed by atoms with Crippen LogP contribution in [0.3, 0.4) is 0 Å². The van der Waals surface area contributed by atoms with E-state index in [0.717, 1.165) is 0 Å². The van der Waals surface area contributed by atoms with Gasteiger partial charge in [-0.3, -0.25) is 20.1 Å². The first-order valence-electron chi connectivity index (χ1n) is 7.93. The van der Waals surface area contributed by atoms with E-state index < -0.39 is 4.92 Å². The molecule has 0 bridgehead atoms. The Morgan fingerprint density at radius 3 is 1.75 bits per heavy atom. The molecular weight excluding hydrogens is 405 g/mol. The number of hydrogen-bond acceptors (Lipinski definition) is 6. The van der Waals surface area contributed by atoms with E-state index in [1.807, 2.05) is 0 Å². The molecule has 8 heteroatoms. The molecule has 0 unspecified atom stereocenters. The van der Waals surface area contributed by atoms with E-state index in [-0.39, 0.29) is 39.4 Å². The Morgan fingerprint density at radius 2 is 1.25 bits per heavy atom. The van der Waals surface area contributed by atoms with Gasteiger partial charge in [0.15, 0.2) is 0 Å².